The highest BCUT2D eigenvalue weighted by Crippen LogP contribution is 2.19. The van der Waals surface area contributed by atoms with Gasteiger partial charge in [-0.2, -0.15) is 0 Å². The molecule has 0 spiro atoms. The zero-order valence-corrected chi connectivity index (χ0v) is 11.7. The fourth-order valence-corrected chi connectivity index (χ4v) is 1.92. The maximum Gasteiger partial charge on any atom is 0.182 e. The predicted octanol–water partition coefficient (Wildman–Crippen LogP) is 3.17. The smallest absolute Gasteiger partial charge is 0.182 e. The zero-order valence-electron chi connectivity index (χ0n) is 11.7. The van der Waals surface area contributed by atoms with Gasteiger partial charge in [0, 0.05) is 5.56 Å². The summed E-state index contributed by atoms with van der Waals surface area (Å²) < 4.78 is 5.54. The van der Waals surface area contributed by atoms with Crippen molar-refractivity contribution in [2.45, 2.75) is 52.2 Å². The van der Waals surface area contributed by atoms with Crippen LogP contribution in [0.25, 0.3) is 0 Å². The summed E-state index contributed by atoms with van der Waals surface area (Å²) in [7, 11) is 0. The highest BCUT2D eigenvalue weighted by molar-refractivity contribution is 6.02. The van der Waals surface area contributed by atoms with Crippen molar-refractivity contribution < 1.29 is 9.53 Å². The average Bonchev–Trinajstić information content (AvgIpc) is 2.28. The minimum Gasteiger partial charge on any atom is -0.491 e. The van der Waals surface area contributed by atoms with Crippen molar-refractivity contribution in [3.8, 4) is 5.75 Å². The van der Waals surface area contributed by atoms with E-state index in [0.717, 1.165) is 12.2 Å². The first-order valence-corrected chi connectivity index (χ1v) is 6.47. The van der Waals surface area contributed by atoms with Gasteiger partial charge >= 0.3 is 0 Å². The first-order valence-electron chi connectivity index (χ1n) is 6.47. The second-order valence-electron chi connectivity index (χ2n) is 5.19. The van der Waals surface area contributed by atoms with E-state index in [-0.39, 0.29) is 11.9 Å². The van der Waals surface area contributed by atoms with Gasteiger partial charge in [0.15, 0.2) is 5.78 Å². The number of rotatable bonds is 6. The minimum absolute atomic E-state index is 0.0135. The van der Waals surface area contributed by atoms with Crippen LogP contribution in [0, 0.1) is 0 Å². The SMILES string of the molecule is CCCC(C)(N)C(=O)c1ccc(OC(C)C)cc1. The fourth-order valence-electron chi connectivity index (χ4n) is 1.92. The van der Waals surface area contributed by atoms with Crippen molar-refractivity contribution in [2.24, 2.45) is 5.73 Å². The fraction of sp³-hybridized carbons (Fsp3) is 0.533. The molecular formula is C15H23NO2. The van der Waals surface area contributed by atoms with Gasteiger partial charge < -0.3 is 10.5 Å². The van der Waals surface area contributed by atoms with Crippen molar-refractivity contribution in [3.63, 3.8) is 0 Å². The second kappa shape index (κ2) is 6.01. The Kier molecular flexibility index (Phi) is 4.91. The molecule has 3 heteroatoms. The monoisotopic (exact) mass is 249 g/mol. The van der Waals surface area contributed by atoms with E-state index in [2.05, 4.69) is 0 Å². The van der Waals surface area contributed by atoms with Gasteiger partial charge in [-0.05, 0) is 51.5 Å². The van der Waals surface area contributed by atoms with E-state index in [0.29, 0.717) is 12.0 Å². The Morgan fingerprint density at radius 1 is 1.33 bits per heavy atom. The van der Waals surface area contributed by atoms with Crippen LogP contribution < -0.4 is 10.5 Å². The van der Waals surface area contributed by atoms with Crippen LogP contribution in [0.1, 0.15) is 50.9 Å². The molecule has 100 valence electrons. The molecule has 0 fully saturated rings. The number of nitrogens with two attached hydrogens (primary N) is 1. The van der Waals surface area contributed by atoms with Crippen LogP contribution in [0.5, 0.6) is 5.75 Å². The van der Waals surface area contributed by atoms with Crippen LogP contribution in [0.15, 0.2) is 24.3 Å². The van der Waals surface area contributed by atoms with E-state index in [4.69, 9.17) is 10.5 Å². The Labute approximate surface area is 109 Å². The lowest BCUT2D eigenvalue weighted by Gasteiger charge is -2.22. The van der Waals surface area contributed by atoms with E-state index in [1.54, 1.807) is 19.1 Å². The third-order valence-electron chi connectivity index (χ3n) is 2.78. The molecule has 18 heavy (non-hydrogen) atoms. The lowest BCUT2D eigenvalue weighted by Crippen LogP contribution is -2.44. The Hall–Kier alpha value is -1.35. The lowest BCUT2D eigenvalue weighted by molar-refractivity contribution is 0.0893. The van der Waals surface area contributed by atoms with E-state index >= 15 is 0 Å². The van der Waals surface area contributed by atoms with Gasteiger partial charge in [0.1, 0.15) is 5.75 Å². The van der Waals surface area contributed by atoms with Crippen molar-refractivity contribution in [1.29, 1.82) is 0 Å². The van der Waals surface area contributed by atoms with Crippen LogP contribution in [-0.4, -0.2) is 17.4 Å². The van der Waals surface area contributed by atoms with Gasteiger partial charge in [-0.25, -0.2) is 0 Å². The number of Topliss-reactive ketones (excluding diaryl/α,β-unsaturated/α-hetero) is 1. The average molecular weight is 249 g/mol. The molecule has 0 saturated carbocycles. The summed E-state index contributed by atoms with van der Waals surface area (Å²) in [6.07, 6.45) is 1.72. The highest BCUT2D eigenvalue weighted by Gasteiger charge is 2.28. The van der Waals surface area contributed by atoms with Crippen molar-refractivity contribution in [1.82, 2.24) is 0 Å². The summed E-state index contributed by atoms with van der Waals surface area (Å²) in [6.45, 7) is 7.75. The summed E-state index contributed by atoms with van der Waals surface area (Å²) in [5.74, 6) is 0.760. The molecule has 1 rings (SSSR count). The van der Waals surface area contributed by atoms with Crippen LogP contribution in [-0.2, 0) is 0 Å². The maximum absolute atomic E-state index is 12.2. The molecule has 0 aliphatic rings. The molecule has 0 amide bonds. The molecule has 1 aromatic rings. The number of benzene rings is 1. The summed E-state index contributed by atoms with van der Waals surface area (Å²) in [5, 5.41) is 0. The third-order valence-corrected chi connectivity index (χ3v) is 2.78. The van der Waals surface area contributed by atoms with Crippen LogP contribution in [0.2, 0.25) is 0 Å². The number of carbonyl (C=O) groups is 1. The van der Waals surface area contributed by atoms with Crippen LogP contribution in [0.3, 0.4) is 0 Å². The number of hydrogen-bond acceptors (Lipinski definition) is 3. The molecule has 0 aliphatic carbocycles. The number of hydrogen-bond donors (Lipinski definition) is 1. The Morgan fingerprint density at radius 3 is 2.33 bits per heavy atom. The lowest BCUT2D eigenvalue weighted by atomic mass is 9.88. The number of carbonyl (C=O) groups excluding carboxylic acids is 1. The molecule has 3 nitrogen and oxygen atoms in total. The molecule has 0 heterocycles. The highest BCUT2D eigenvalue weighted by atomic mass is 16.5. The molecule has 1 unspecified atom stereocenters. The summed E-state index contributed by atoms with van der Waals surface area (Å²) in [5.41, 5.74) is 5.90. The summed E-state index contributed by atoms with van der Waals surface area (Å²) in [4.78, 5) is 12.2. The molecule has 0 saturated heterocycles. The molecular weight excluding hydrogens is 226 g/mol. The standard InChI is InChI=1S/C15H23NO2/c1-5-10-15(4,16)14(17)12-6-8-13(9-7-12)18-11(2)3/h6-9,11H,5,10,16H2,1-4H3. The minimum atomic E-state index is -0.783. The first-order chi connectivity index (χ1) is 8.36. The molecule has 0 aromatic heterocycles. The van der Waals surface area contributed by atoms with Gasteiger partial charge in [-0.3, -0.25) is 4.79 Å². The van der Waals surface area contributed by atoms with E-state index in [1.165, 1.54) is 0 Å². The Bertz CT molecular complexity index is 393. The predicted molar refractivity (Wildman–Crippen MR) is 74.0 cm³/mol. The first kappa shape index (κ1) is 14.7. The normalized spacial score (nSPS) is 14.3. The number of ether oxygens (including phenoxy) is 1. The second-order valence-corrected chi connectivity index (χ2v) is 5.19. The van der Waals surface area contributed by atoms with Gasteiger partial charge in [0.2, 0.25) is 0 Å². The van der Waals surface area contributed by atoms with Crippen molar-refractivity contribution in [2.75, 3.05) is 0 Å². The van der Waals surface area contributed by atoms with Crippen LogP contribution in [0.4, 0.5) is 0 Å². The molecule has 0 aliphatic heterocycles. The van der Waals surface area contributed by atoms with E-state index in [9.17, 15) is 4.79 Å². The van der Waals surface area contributed by atoms with E-state index in [1.807, 2.05) is 32.9 Å². The zero-order chi connectivity index (χ0) is 13.8. The molecule has 0 bridgehead atoms. The molecule has 1 atom stereocenters. The largest absolute Gasteiger partial charge is 0.491 e. The van der Waals surface area contributed by atoms with Gasteiger partial charge in [0.25, 0.3) is 0 Å². The van der Waals surface area contributed by atoms with Gasteiger partial charge in [-0.1, -0.05) is 13.3 Å². The van der Waals surface area contributed by atoms with E-state index < -0.39 is 5.54 Å². The quantitative estimate of drug-likeness (QED) is 0.788. The Morgan fingerprint density at radius 2 is 1.89 bits per heavy atom. The number of ketones is 1. The third kappa shape index (κ3) is 3.84. The molecule has 0 radical (unpaired) electrons. The van der Waals surface area contributed by atoms with Crippen molar-refractivity contribution in [3.05, 3.63) is 29.8 Å². The molecule has 1 aromatic carbocycles. The van der Waals surface area contributed by atoms with Crippen LogP contribution >= 0.6 is 0 Å². The van der Waals surface area contributed by atoms with Crippen molar-refractivity contribution >= 4 is 5.78 Å². The van der Waals surface area contributed by atoms with Gasteiger partial charge in [0.05, 0.1) is 11.6 Å². The maximum atomic E-state index is 12.2. The Balaban J connectivity index is 2.82. The molecule has 2 N–H and O–H groups in total. The summed E-state index contributed by atoms with van der Waals surface area (Å²) >= 11 is 0. The summed E-state index contributed by atoms with van der Waals surface area (Å²) in [6, 6.07) is 7.19. The van der Waals surface area contributed by atoms with Gasteiger partial charge in [-0.15, -0.1) is 0 Å². The topological polar surface area (TPSA) is 52.3 Å².